The van der Waals surface area contributed by atoms with Crippen molar-refractivity contribution in [3.8, 4) is 0 Å². The van der Waals surface area contributed by atoms with E-state index in [-0.39, 0.29) is 0 Å². The normalized spacial score (nSPS) is 10.9. The molecule has 0 aromatic carbocycles. The molecule has 12 heavy (non-hydrogen) atoms. The Morgan fingerprint density at radius 1 is 1.58 bits per heavy atom. The van der Waals surface area contributed by atoms with Crippen LogP contribution in [0, 0.1) is 6.92 Å². The van der Waals surface area contributed by atoms with Gasteiger partial charge in [0, 0.05) is 6.20 Å². The molecule has 0 saturated carbocycles. The predicted molar refractivity (Wildman–Crippen MR) is 50.4 cm³/mol. The maximum atomic E-state index is 5.88. The van der Waals surface area contributed by atoms with Crippen molar-refractivity contribution >= 4 is 33.2 Å². The second-order valence-corrected chi connectivity index (χ2v) is 3.58. The van der Waals surface area contributed by atoms with Gasteiger partial charge in [-0.15, -0.1) is 0 Å². The summed E-state index contributed by atoms with van der Waals surface area (Å²) in [5.41, 5.74) is 1.63. The summed E-state index contributed by atoms with van der Waals surface area (Å²) in [4.78, 5) is 4.13. The van der Waals surface area contributed by atoms with Crippen LogP contribution in [0.2, 0.25) is 5.15 Å². The van der Waals surface area contributed by atoms with Crippen molar-refractivity contribution in [1.82, 2.24) is 14.6 Å². The first kappa shape index (κ1) is 8.01. The van der Waals surface area contributed by atoms with Gasteiger partial charge in [0.05, 0.1) is 10.2 Å². The summed E-state index contributed by atoms with van der Waals surface area (Å²) < 4.78 is 2.49. The fourth-order valence-corrected chi connectivity index (χ4v) is 1.52. The molecular formula is C7H5BrClN3. The standard InChI is InChI=1S/C7H5BrClN3/c1-4-6(8)7-10-3-2-5(9)12(7)11-4/h2-3H,1H3. The van der Waals surface area contributed by atoms with Crippen LogP contribution in [-0.2, 0) is 0 Å². The van der Waals surface area contributed by atoms with Crippen LogP contribution in [0.1, 0.15) is 5.69 Å². The van der Waals surface area contributed by atoms with Crippen molar-refractivity contribution in [2.45, 2.75) is 6.92 Å². The maximum Gasteiger partial charge on any atom is 0.171 e. The molecule has 0 aliphatic heterocycles. The van der Waals surface area contributed by atoms with Crippen molar-refractivity contribution in [2.24, 2.45) is 0 Å². The van der Waals surface area contributed by atoms with Crippen molar-refractivity contribution in [2.75, 3.05) is 0 Å². The number of hydrogen-bond donors (Lipinski definition) is 0. The predicted octanol–water partition coefficient (Wildman–Crippen LogP) is 2.45. The minimum Gasteiger partial charge on any atom is -0.236 e. The lowest BCUT2D eigenvalue weighted by Gasteiger charge is -1.93. The molecule has 0 amide bonds. The molecule has 2 heterocycles. The molecule has 62 valence electrons. The van der Waals surface area contributed by atoms with Gasteiger partial charge < -0.3 is 0 Å². The van der Waals surface area contributed by atoms with Crippen molar-refractivity contribution in [1.29, 1.82) is 0 Å². The zero-order valence-corrected chi connectivity index (χ0v) is 8.59. The summed E-state index contributed by atoms with van der Waals surface area (Å²) in [6.45, 7) is 1.90. The molecular weight excluding hydrogens is 241 g/mol. The monoisotopic (exact) mass is 245 g/mol. The van der Waals surface area contributed by atoms with Gasteiger partial charge in [0.25, 0.3) is 0 Å². The molecule has 0 spiro atoms. The van der Waals surface area contributed by atoms with Gasteiger partial charge in [-0.25, -0.2) is 9.50 Å². The molecule has 3 nitrogen and oxygen atoms in total. The smallest absolute Gasteiger partial charge is 0.171 e. The molecule has 0 bridgehead atoms. The Hall–Kier alpha value is -0.610. The lowest BCUT2D eigenvalue weighted by atomic mass is 10.5. The Labute approximate surface area is 82.5 Å². The Morgan fingerprint density at radius 2 is 2.33 bits per heavy atom. The molecule has 0 aliphatic rings. The van der Waals surface area contributed by atoms with E-state index in [4.69, 9.17) is 11.6 Å². The topological polar surface area (TPSA) is 30.2 Å². The highest BCUT2D eigenvalue weighted by molar-refractivity contribution is 9.10. The lowest BCUT2D eigenvalue weighted by Crippen LogP contribution is -1.90. The zero-order chi connectivity index (χ0) is 8.72. The molecule has 2 rings (SSSR count). The van der Waals surface area contributed by atoms with Crippen LogP contribution in [0.5, 0.6) is 0 Å². The van der Waals surface area contributed by atoms with Crippen molar-refractivity contribution in [3.05, 3.63) is 27.6 Å². The summed E-state index contributed by atoms with van der Waals surface area (Å²) in [5.74, 6) is 0. The van der Waals surface area contributed by atoms with Crippen molar-refractivity contribution in [3.63, 3.8) is 0 Å². The number of nitrogens with zero attached hydrogens (tertiary/aromatic N) is 3. The molecule has 0 fully saturated rings. The largest absolute Gasteiger partial charge is 0.236 e. The van der Waals surface area contributed by atoms with Crippen LogP contribution in [0.15, 0.2) is 16.7 Å². The van der Waals surface area contributed by atoms with E-state index in [0.717, 1.165) is 15.8 Å². The summed E-state index contributed by atoms with van der Waals surface area (Å²) >= 11 is 9.26. The third-order valence-corrected chi connectivity index (χ3v) is 2.79. The van der Waals surface area contributed by atoms with Crippen LogP contribution >= 0.6 is 27.5 Å². The number of hydrogen-bond acceptors (Lipinski definition) is 2. The number of halogens is 2. The van der Waals surface area contributed by atoms with E-state index in [1.54, 1.807) is 16.8 Å². The molecule has 0 N–H and O–H groups in total. The van der Waals surface area contributed by atoms with E-state index in [2.05, 4.69) is 26.0 Å². The molecule has 0 radical (unpaired) electrons. The fourth-order valence-electron chi connectivity index (χ4n) is 0.996. The highest BCUT2D eigenvalue weighted by Crippen LogP contribution is 2.22. The summed E-state index contributed by atoms with van der Waals surface area (Å²) in [6, 6.07) is 1.70. The van der Waals surface area contributed by atoms with Crippen LogP contribution in [0.25, 0.3) is 5.65 Å². The zero-order valence-electron chi connectivity index (χ0n) is 6.25. The van der Waals surface area contributed by atoms with E-state index in [1.165, 1.54) is 0 Å². The number of aryl methyl sites for hydroxylation is 1. The Kier molecular flexibility index (Phi) is 1.81. The van der Waals surface area contributed by atoms with Gasteiger partial charge in [0.2, 0.25) is 0 Å². The van der Waals surface area contributed by atoms with E-state index in [9.17, 15) is 0 Å². The molecule has 2 aromatic rings. The van der Waals surface area contributed by atoms with Gasteiger partial charge in [-0.2, -0.15) is 5.10 Å². The molecule has 0 unspecified atom stereocenters. The average Bonchev–Trinajstić information content (AvgIpc) is 2.32. The third kappa shape index (κ3) is 1.03. The van der Waals surface area contributed by atoms with Crippen LogP contribution in [0.4, 0.5) is 0 Å². The Balaban J connectivity index is 2.95. The minimum absolute atomic E-state index is 0.564. The fraction of sp³-hybridized carbons (Fsp3) is 0.143. The molecule has 5 heteroatoms. The lowest BCUT2D eigenvalue weighted by molar-refractivity contribution is 0.918. The quantitative estimate of drug-likeness (QED) is 0.669. The Morgan fingerprint density at radius 3 is 3.00 bits per heavy atom. The van der Waals surface area contributed by atoms with Gasteiger partial charge >= 0.3 is 0 Å². The maximum absolute atomic E-state index is 5.88. The van der Waals surface area contributed by atoms with E-state index in [0.29, 0.717) is 5.15 Å². The SMILES string of the molecule is Cc1nn2c(Cl)ccnc2c1Br. The van der Waals surface area contributed by atoms with Gasteiger partial charge in [-0.1, -0.05) is 11.6 Å². The van der Waals surface area contributed by atoms with Crippen molar-refractivity contribution < 1.29 is 0 Å². The first-order valence-corrected chi connectivity index (χ1v) is 4.52. The Bertz CT molecular complexity index is 437. The van der Waals surface area contributed by atoms with Crippen LogP contribution in [0.3, 0.4) is 0 Å². The summed E-state index contributed by atoms with van der Waals surface area (Å²) in [7, 11) is 0. The van der Waals surface area contributed by atoms with Gasteiger partial charge in [0.15, 0.2) is 5.65 Å². The average molecular weight is 246 g/mol. The molecule has 0 atom stereocenters. The second-order valence-electron chi connectivity index (χ2n) is 2.40. The van der Waals surface area contributed by atoms with Crippen LogP contribution in [-0.4, -0.2) is 14.6 Å². The van der Waals surface area contributed by atoms with Gasteiger partial charge in [-0.05, 0) is 28.9 Å². The third-order valence-electron chi connectivity index (χ3n) is 1.58. The second kappa shape index (κ2) is 2.71. The minimum atomic E-state index is 0.564. The first-order valence-electron chi connectivity index (χ1n) is 3.35. The molecule has 0 saturated heterocycles. The summed E-state index contributed by atoms with van der Waals surface area (Å²) in [6.07, 6.45) is 1.66. The van der Waals surface area contributed by atoms with Gasteiger partial charge in [0.1, 0.15) is 5.15 Å². The summed E-state index contributed by atoms with van der Waals surface area (Å²) in [5, 5.41) is 4.75. The highest BCUT2D eigenvalue weighted by Gasteiger charge is 2.08. The van der Waals surface area contributed by atoms with Gasteiger partial charge in [-0.3, -0.25) is 0 Å². The van der Waals surface area contributed by atoms with E-state index < -0.39 is 0 Å². The van der Waals surface area contributed by atoms with E-state index in [1.807, 2.05) is 6.92 Å². The molecule has 0 aliphatic carbocycles. The van der Waals surface area contributed by atoms with E-state index >= 15 is 0 Å². The van der Waals surface area contributed by atoms with Crippen LogP contribution < -0.4 is 0 Å². The number of aromatic nitrogens is 3. The molecule has 2 aromatic heterocycles. The first-order chi connectivity index (χ1) is 5.70. The number of rotatable bonds is 0. The number of fused-ring (bicyclic) bond motifs is 1. The highest BCUT2D eigenvalue weighted by atomic mass is 79.9.